The van der Waals surface area contributed by atoms with Crippen LogP contribution in [0.5, 0.6) is 0 Å². The Balaban J connectivity index is 2.35. The summed E-state index contributed by atoms with van der Waals surface area (Å²) >= 11 is 0. The van der Waals surface area contributed by atoms with Gasteiger partial charge in [-0.3, -0.25) is 19.2 Å². The first kappa shape index (κ1) is 24.3. The van der Waals surface area contributed by atoms with Gasteiger partial charge >= 0.3 is 17.9 Å². The standard InChI is InChI=1S/C21H27NO9/c1-12(23)22-18-20(30-15(4)26)19(29-14(3)25)17(11-27-13(2)24)31-21(18)28-10-16-8-6-5-7-9-16/h5-9,17-21H,10-11H2,1-4H3,(H,22,23)/t17?,18-,19+,20+,21+/m0/s1. The molecule has 5 atom stereocenters. The van der Waals surface area contributed by atoms with E-state index in [0.717, 1.165) is 5.56 Å². The number of hydrogen-bond acceptors (Lipinski definition) is 9. The van der Waals surface area contributed by atoms with Gasteiger partial charge in [0.25, 0.3) is 0 Å². The van der Waals surface area contributed by atoms with Crippen molar-refractivity contribution < 1.29 is 42.9 Å². The molecule has 31 heavy (non-hydrogen) atoms. The van der Waals surface area contributed by atoms with E-state index >= 15 is 0 Å². The highest BCUT2D eigenvalue weighted by Gasteiger charge is 2.51. The van der Waals surface area contributed by atoms with Crippen molar-refractivity contribution in [3.05, 3.63) is 35.9 Å². The van der Waals surface area contributed by atoms with Gasteiger partial charge in [0.15, 0.2) is 18.5 Å². The normalized spacial score (nSPS) is 25.2. The number of rotatable bonds is 8. The van der Waals surface area contributed by atoms with Crippen LogP contribution in [0.4, 0.5) is 0 Å². The molecule has 1 unspecified atom stereocenters. The van der Waals surface area contributed by atoms with E-state index < -0.39 is 54.5 Å². The molecule has 1 saturated heterocycles. The van der Waals surface area contributed by atoms with E-state index in [1.165, 1.54) is 27.7 Å². The monoisotopic (exact) mass is 437 g/mol. The molecule has 2 rings (SSSR count). The summed E-state index contributed by atoms with van der Waals surface area (Å²) in [5.41, 5.74) is 0.843. The van der Waals surface area contributed by atoms with E-state index in [1.54, 1.807) is 0 Å². The average Bonchev–Trinajstić information content (AvgIpc) is 2.68. The first-order chi connectivity index (χ1) is 14.7. The molecule has 0 radical (unpaired) electrons. The van der Waals surface area contributed by atoms with Crippen molar-refractivity contribution in [1.82, 2.24) is 5.32 Å². The molecule has 170 valence electrons. The smallest absolute Gasteiger partial charge is 0.303 e. The number of carbonyl (C=O) groups excluding carboxylic acids is 4. The van der Waals surface area contributed by atoms with Crippen LogP contribution in [-0.2, 0) is 49.5 Å². The number of esters is 3. The lowest BCUT2D eigenvalue weighted by Gasteiger charge is -2.44. The van der Waals surface area contributed by atoms with Crippen molar-refractivity contribution in [1.29, 1.82) is 0 Å². The highest BCUT2D eigenvalue weighted by atomic mass is 16.7. The number of ether oxygens (including phenoxy) is 5. The summed E-state index contributed by atoms with van der Waals surface area (Å²) in [6.07, 6.45) is -4.36. The minimum Gasteiger partial charge on any atom is -0.463 e. The van der Waals surface area contributed by atoms with E-state index in [0.29, 0.717) is 0 Å². The number of benzene rings is 1. The Morgan fingerprint density at radius 2 is 1.52 bits per heavy atom. The second kappa shape index (κ2) is 11.4. The Labute approximate surface area is 180 Å². The van der Waals surface area contributed by atoms with Crippen LogP contribution >= 0.6 is 0 Å². The lowest BCUT2D eigenvalue weighted by Crippen LogP contribution is -2.66. The van der Waals surface area contributed by atoms with E-state index in [1.807, 2.05) is 30.3 Å². The van der Waals surface area contributed by atoms with Crippen LogP contribution in [-0.4, -0.2) is 61.1 Å². The van der Waals surface area contributed by atoms with Gasteiger partial charge in [0, 0.05) is 27.7 Å². The van der Waals surface area contributed by atoms with Crippen molar-refractivity contribution in [2.45, 2.75) is 64.9 Å². The predicted molar refractivity (Wildman–Crippen MR) is 105 cm³/mol. The molecule has 1 aromatic carbocycles. The maximum atomic E-state index is 11.8. The van der Waals surface area contributed by atoms with Gasteiger partial charge in [-0.2, -0.15) is 0 Å². The van der Waals surface area contributed by atoms with Gasteiger partial charge in [-0.05, 0) is 5.56 Å². The number of hydrogen-bond donors (Lipinski definition) is 1. The summed E-state index contributed by atoms with van der Waals surface area (Å²) in [4.78, 5) is 46.7. The minimum absolute atomic E-state index is 0.132. The summed E-state index contributed by atoms with van der Waals surface area (Å²) in [5.74, 6) is -2.32. The molecule has 1 amide bonds. The Morgan fingerprint density at radius 1 is 0.903 bits per heavy atom. The molecular formula is C21H27NO9. The second-order valence-electron chi connectivity index (χ2n) is 7.02. The maximum absolute atomic E-state index is 11.8. The van der Waals surface area contributed by atoms with E-state index in [4.69, 9.17) is 23.7 Å². The highest BCUT2D eigenvalue weighted by molar-refractivity contribution is 5.73. The van der Waals surface area contributed by atoms with Gasteiger partial charge in [0.2, 0.25) is 5.91 Å². The third-order valence-corrected chi connectivity index (χ3v) is 4.33. The first-order valence-electron chi connectivity index (χ1n) is 9.73. The van der Waals surface area contributed by atoms with Crippen LogP contribution in [0.2, 0.25) is 0 Å². The SMILES string of the molecule is CC(=O)N[C@@H]1[C@H](OCc2ccccc2)OC(COC(C)=O)[C@@H](OC(C)=O)[C@@H]1OC(C)=O. The van der Waals surface area contributed by atoms with E-state index in [2.05, 4.69) is 5.32 Å². The Kier molecular flexibility index (Phi) is 8.95. The molecule has 0 aliphatic carbocycles. The van der Waals surface area contributed by atoms with Gasteiger partial charge in [0.1, 0.15) is 18.8 Å². The van der Waals surface area contributed by atoms with Crippen LogP contribution in [0.1, 0.15) is 33.3 Å². The van der Waals surface area contributed by atoms with Crippen LogP contribution in [0.3, 0.4) is 0 Å². The second-order valence-corrected chi connectivity index (χ2v) is 7.02. The largest absolute Gasteiger partial charge is 0.463 e. The number of amides is 1. The molecular weight excluding hydrogens is 410 g/mol. The van der Waals surface area contributed by atoms with E-state index in [9.17, 15) is 19.2 Å². The summed E-state index contributed by atoms with van der Waals surface area (Å²) in [6, 6.07) is 8.25. The molecule has 1 aliphatic rings. The van der Waals surface area contributed by atoms with Crippen molar-refractivity contribution in [2.75, 3.05) is 6.61 Å². The van der Waals surface area contributed by atoms with Gasteiger partial charge in [0.05, 0.1) is 6.61 Å². The summed E-state index contributed by atoms with van der Waals surface area (Å²) < 4.78 is 27.6. The molecule has 10 heteroatoms. The fraction of sp³-hybridized carbons (Fsp3) is 0.524. The zero-order chi connectivity index (χ0) is 23.0. The Bertz CT molecular complexity index is 782. The number of nitrogens with one attached hydrogen (secondary N) is 1. The predicted octanol–water partition coefficient (Wildman–Crippen LogP) is 0.859. The third kappa shape index (κ3) is 7.65. The van der Waals surface area contributed by atoms with Crippen molar-refractivity contribution in [3.8, 4) is 0 Å². The molecule has 1 aliphatic heterocycles. The van der Waals surface area contributed by atoms with E-state index in [-0.39, 0.29) is 13.2 Å². The zero-order valence-electron chi connectivity index (χ0n) is 17.9. The molecule has 0 saturated carbocycles. The Hall–Kier alpha value is -2.98. The molecule has 0 aromatic heterocycles. The summed E-state index contributed by atoms with van der Waals surface area (Å²) in [7, 11) is 0. The summed E-state index contributed by atoms with van der Waals surface area (Å²) in [5, 5.41) is 2.65. The van der Waals surface area contributed by atoms with Crippen molar-refractivity contribution in [3.63, 3.8) is 0 Å². The van der Waals surface area contributed by atoms with Gasteiger partial charge in [-0.25, -0.2) is 0 Å². The van der Waals surface area contributed by atoms with Crippen molar-refractivity contribution >= 4 is 23.8 Å². The molecule has 1 fully saturated rings. The molecule has 1 heterocycles. The van der Waals surface area contributed by atoms with Crippen LogP contribution < -0.4 is 5.32 Å². The quantitative estimate of drug-likeness (QED) is 0.465. The first-order valence-corrected chi connectivity index (χ1v) is 9.73. The fourth-order valence-electron chi connectivity index (χ4n) is 3.19. The zero-order valence-corrected chi connectivity index (χ0v) is 17.9. The third-order valence-electron chi connectivity index (χ3n) is 4.33. The highest BCUT2D eigenvalue weighted by Crippen LogP contribution is 2.28. The van der Waals surface area contributed by atoms with Crippen molar-refractivity contribution in [2.24, 2.45) is 0 Å². The molecule has 1 N–H and O–H groups in total. The maximum Gasteiger partial charge on any atom is 0.303 e. The topological polar surface area (TPSA) is 126 Å². The Morgan fingerprint density at radius 3 is 2.06 bits per heavy atom. The minimum atomic E-state index is -1.14. The van der Waals surface area contributed by atoms with Crippen LogP contribution in [0, 0.1) is 0 Å². The lowest BCUT2D eigenvalue weighted by molar-refractivity contribution is -0.280. The molecule has 1 aromatic rings. The summed E-state index contributed by atoms with van der Waals surface area (Å²) in [6.45, 7) is 4.72. The average molecular weight is 437 g/mol. The number of carbonyl (C=O) groups is 4. The fourth-order valence-corrected chi connectivity index (χ4v) is 3.19. The molecule has 0 spiro atoms. The van der Waals surface area contributed by atoms with Crippen LogP contribution in [0.25, 0.3) is 0 Å². The van der Waals surface area contributed by atoms with Gasteiger partial charge < -0.3 is 29.0 Å². The van der Waals surface area contributed by atoms with Crippen LogP contribution in [0.15, 0.2) is 30.3 Å². The van der Waals surface area contributed by atoms with Gasteiger partial charge in [-0.15, -0.1) is 0 Å². The lowest BCUT2D eigenvalue weighted by atomic mass is 9.96. The van der Waals surface area contributed by atoms with Gasteiger partial charge in [-0.1, -0.05) is 30.3 Å². The molecule has 0 bridgehead atoms. The molecule has 10 nitrogen and oxygen atoms in total.